The van der Waals surface area contributed by atoms with E-state index in [1.54, 1.807) is 20.3 Å². The predicted molar refractivity (Wildman–Crippen MR) is 120 cm³/mol. The summed E-state index contributed by atoms with van der Waals surface area (Å²) in [5.41, 5.74) is 2.60. The molecule has 2 aromatic carbocycles. The Labute approximate surface area is 181 Å². The first-order valence-electron chi connectivity index (χ1n) is 9.94. The zero-order valence-electron chi connectivity index (χ0n) is 16.8. The van der Waals surface area contributed by atoms with Gasteiger partial charge in [0.05, 0.1) is 25.9 Å². The second kappa shape index (κ2) is 7.24. The van der Waals surface area contributed by atoms with Crippen molar-refractivity contribution in [3.8, 4) is 17.2 Å². The Morgan fingerprint density at radius 2 is 1.74 bits per heavy atom. The summed E-state index contributed by atoms with van der Waals surface area (Å²) in [4.78, 5) is 4.51. The minimum absolute atomic E-state index is 0. The highest BCUT2D eigenvalue weighted by Gasteiger charge is 2.55. The average Bonchev–Trinajstić information content (AvgIpc) is 3.16. The number of nitrogens with zero attached hydrogens (tertiary/aromatic N) is 1. The van der Waals surface area contributed by atoms with Crippen molar-refractivity contribution in [2.24, 2.45) is 5.92 Å². The third-order valence-corrected chi connectivity index (χ3v) is 8.71. The summed E-state index contributed by atoms with van der Waals surface area (Å²) in [6.07, 6.45) is 4.13. The topological polar surface area (TPSA) is 106 Å². The molecule has 1 fully saturated rings. The third-order valence-electron chi connectivity index (χ3n) is 7.00. The molecule has 0 saturated heterocycles. The molecule has 2 N–H and O–H groups in total. The maximum absolute atomic E-state index is 12.5. The highest BCUT2D eigenvalue weighted by molar-refractivity contribution is 7.87. The highest BCUT2D eigenvalue weighted by Crippen LogP contribution is 2.52. The molecule has 7 nitrogen and oxygen atoms in total. The van der Waals surface area contributed by atoms with Crippen molar-refractivity contribution >= 4 is 31.8 Å². The van der Waals surface area contributed by atoms with Crippen molar-refractivity contribution in [1.82, 2.24) is 4.98 Å². The molecule has 8 heteroatoms. The van der Waals surface area contributed by atoms with Gasteiger partial charge in [-0.05, 0) is 71.7 Å². The molecule has 5 rings (SSSR count). The summed E-state index contributed by atoms with van der Waals surface area (Å²) in [7, 11) is -1.14. The molecule has 2 atom stereocenters. The van der Waals surface area contributed by atoms with Crippen LogP contribution in [0.1, 0.15) is 37.8 Å². The van der Waals surface area contributed by atoms with Crippen LogP contribution < -0.4 is 9.47 Å². The quantitative estimate of drug-likeness (QED) is 0.458. The van der Waals surface area contributed by atoms with E-state index in [-0.39, 0.29) is 25.5 Å². The van der Waals surface area contributed by atoms with Crippen LogP contribution >= 0.6 is 0 Å². The van der Waals surface area contributed by atoms with Gasteiger partial charge in [-0.2, -0.15) is 8.42 Å². The molecule has 1 saturated carbocycles. The zero-order valence-corrected chi connectivity index (χ0v) is 17.6. The fraction of sp³-hybridized carbons (Fsp3) is 0.435. The number of rotatable bonds is 3. The van der Waals surface area contributed by atoms with Gasteiger partial charge in [0, 0.05) is 5.39 Å². The molecule has 0 spiro atoms. The van der Waals surface area contributed by atoms with Gasteiger partial charge in [-0.25, -0.2) is 0 Å². The maximum atomic E-state index is 12.5. The molecule has 1 heterocycles. The van der Waals surface area contributed by atoms with Crippen LogP contribution in [0.2, 0.25) is 0 Å². The first-order valence-corrected chi connectivity index (χ1v) is 11.4. The first kappa shape index (κ1) is 21.6. The molecular weight excluding hydrogens is 418 g/mol. The lowest BCUT2D eigenvalue weighted by Gasteiger charge is -2.38. The van der Waals surface area contributed by atoms with E-state index in [2.05, 4.69) is 4.98 Å². The molecule has 3 aromatic rings. The summed E-state index contributed by atoms with van der Waals surface area (Å²) in [6, 6.07) is 5.36. The van der Waals surface area contributed by atoms with Gasteiger partial charge in [-0.3, -0.25) is 9.54 Å². The number of fused-ring (bicyclic) bond motifs is 7. The van der Waals surface area contributed by atoms with Crippen molar-refractivity contribution in [2.75, 3.05) is 14.2 Å². The Morgan fingerprint density at radius 3 is 2.39 bits per heavy atom. The molecule has 2 aliphatic rings. The Kier molecular flexibility index (Phi) is 5.05. The van der Waals surface area contributed by atoms with E-state index in [9.17, 15) is 18.1 Å². The second-order valence-corrected chi connectivity index (χ2v) is 10.1. The third kappa shape index (κ3) is 2.96. The Bertz CT molecular complexity index is 1300. The molecule has 2 aliphatic carbocycles. The molecule has 31 heavy (non-hydrogen) atoms. The largest absolute Gasteiger partial charge is 0.506 e. The number of aromatic nitrogens is 1. The highest BCUT2D eigenvalue weighted by atomic mass is 32.2. The van der Waals surface area contributed by atoms with E-state index in [4.69, 9.17) is 9.47 Å². The number of hydrogen-bond acceptors (Lipinski definition) is 6. The van der Waals surface area contributed by atoms with Crippen LogP contribution in [-0.2, 0) is 23.0 Å². The van der Waals surface area contributed by atoms with Crippen LogP contribution in [0.5, 0.6) is 17.2 Å². The summed E-state index contributed by atoms with van der Waals surface area (Å²) in [5.74, 6) is 0.974. The normalized spacial score (nSPS) is 22.6. The maximum Gasteiger partial charge on any atom is 0.271 e. The molecule has 0 radical (unpaired) electrons. The molecule has 2 unspecified atom stereocenters. The Balaban J connectivity index is 0.00000231. The number of hydrogen-bond donors (Lipinski definition) is 2. The number of pyridine rings is 1. The van der Waals surface area contributed by atoms with Gasteiger partial charge >= 0.3 is 0 Å². The van der Waals surface area contributed by atoms with E-state index in [0.717, 1.165) is 45.6 Å². The van der Waals surface area contributed by atoms with Crippen LogP contribution in [0.25, 0.3) is 21.7 Å². The standard InChI is InChI=1S/C22H23NO6S.CH4/c1-28-19-8-14-15(9-20(19)29-2)18-10-22(30(25,26)27)5-3-4-12(22)6-16(18)21-17(14)7-13(24)11-23-21;/h7-9,11-12,24H,3-6,10H2,1-2H3,(H,25,26,27);1H4. The number of benzene rings is 2. The molecule has 0 aliphatic heterocycles. The Morgan fingerprint density at radius 1 is 1.06 bits per heavy atom. The molecule has 166 valence electrons. The van der Waals surface area contributed by atoms with E-state index >= 15 is 0 Å². The van der Waals surface area contributed by atoms with Crippen LogP contribution in [0.4, 0.5) is 0 Å². The van der Waals surface area contributed by atoms with Crippen molar-refractivity contribution in [3.63, 3.8) is 0 Å². The van der Waals surface area contributed by atoms with Crippen molar-refractivity contribution < 1.29 is 27.6 Å². The van der Waals surface area contributed by atoms with Crippen LogP contribution in [0, 0.1) is 5.92 Å². The van der Waals surface area contributed by atoms with Gasteiger partial charge in [-0.15, -0.1) is 0 Å². The lowest BCUT2D eigenvalue weighted by molar-refractivity contribution is 0.340. The zero-order chi connectivity index (χ0) is 21.3. The summed E-state index contributed by atoms with van der Waals surface area (Å²) >= 11 is 0. The van der Waals surface area contributed by atoms with Crippen LogP contribution in [0.3, 0.4) is 0 Å². The van der Waals surface area contributed by atoms with Gasteiger partial charge in [-0.1, -0.05) is 13.8 Å². The van der Waals surface area contributed by atoms with Crippen molar-refractivity contribution in [1.29, 1.82) is 0 Å². The lowest BCUT2D eigenvalue weighted by Crippen LogP contribution is -2.47. The number of methoxy groups -OCH3 is 2. The molecular formula is C23H27NO6S. The Hall–Kier alpha value is -2.58. The van der Waals surface area contributed by atoms with E-state index in [1.165, 1.54) is 6.20 Å². The fourth-order valence-corrected chi connectivity index (χ4v) is 6.94. The minimum atomic E-state index is -4.24. The summed E-state index contributed by atoms with van der Waals surface area (Å²) in [6.45, 7) is 0. The van der Waals surface area contributed by atoms with Crippen molar-refractivity contribution in [2.45, 2.75) is 44.3 Å². The number of ether oxygens (including phenoxy) is 2. The van der Waals surface area contributed by atoms with Gasteiger partial charge in [0.1, 0.15) is 10.5 Å². The van der Waals surface area contributed by atoms with Crippen molar-refractivity contribution in [3.05, 3.63) is 35.5 Å². The predicted octanol–water partition coefficient (Wildman–Crippen LogP) is 4.27. The summed E-state index contributed by atoms with van der Waals surface area (Å²) in [5, 5.41) is 12.5. The average molecular weight is 446 g/mol. The lowest BCUT2D eigenvalue weighted by atomic mass is 9.74. The minimum Gasteiger partial charge on any atom is -0.506 e. The van der Waals surface area contributed by atoms with Gasteiger partial charge in [0.15, 0.2) is 11.5 Å². The number of aromatic hydroxyl groups is 1. The van der Waals surface area contributed by atoms with E-state index in [1.807, 2.05) is 12.1 Å². The summed E-state index contributed by atoms with van der Waals surface area (Å²) < 4.78 is 45.1. The fourth-order valence-electron chi connectivity index (χ4n) is 5.59. The van der Waals surface area contributed by atoms with E-state index in [0.29, 0.717) is 24.3 Å². The molecule has 1 aromatic heterocycles. The smallest absolute Gasteiger partial charge is 0.271 e. The second-order valence-electron chi connectivity index (χ2n) is 8.31. The van der Waals surface area contributed by atoms with E-state index < -0.39 is 14.9 Å². The SMILES string of the molecule is C.COc1cc2c3c(c4ncc(O)cc4c2cc1OC)CC1CCCC1(S(=O)(=O)O)C3. The first-order chi connectivity index (χ1) is 14.3. The van der Waals surface area contributed by atoms with Crippen LogP contribution in [0.15, 0.2) is 24.4 Å². The molecule has 0 bridgehead atoms. The van der Waals surface area contributed by atoms with Crippen LogP contribution in [-0.4, -0.2) is 42.0 Å². The molecule has 0 amide bonds. The van der Waals surface area contributed by atoms with Gasteiger partial charge in [0.25, 0.3) is 10.1 Å². The monoisotopic (exact) mass is 445 g/mol. The van der Waals surface area contributed by atoms with Gasteiger partial charge < -0.3 is 14.6 Å². The van der Waals surface area contributed by atoms with Gasteiger partial charge in [0.2, 0.25) is 0 Å².